The number of guanidine groups is 1. The minimum Gasteiger partial charge on any atom is -0.457 e. The predicted molar refractivity (Wildman–Crippen MR) is 159 cm³/mol. The van der Waals surface area contributed by atoms with Crippen molar-refractivity contribution in [1.82, 2.24) is 9.80 Å². The van der Waals surface area contributed by atoms with E-state index in [0.717, 1.165) is 67.7 Å². The Morgan fingerprint density at radius 1 is 1.05 bits per heavy atom. The molecule has 3 fully saturated rings. The Labute approximate surface area is 243 Å². The Kier molecular flexibility index (Phi) is 8.49. The fraction of sp³-hybridized carbons (Fsp3) is 0.576. The van der Waals surface area contributed by atoms with Crippen molar-refractivity contribution in [2.45, 2.75) is 95.0 Å². The molecule has 0 radical (unpaired) electrons. The quantitative estimate of drug-likeness (QED) is 0.419. The fourth-order valence-electron chi connectivity index (χ4n) is 7.24. The van der Waals surface area contributed by atoms with Gasteiger partial charge in [0.1, 0.15) is 11.5 Å². The number of nitrogens with zero attached hydrogens (tertiary/aromatic N) is 3. The minimum atomic E-state index is -0.421. The highest BCUT2D eigenvalue weighted by Gasteiger charge is 2.43. The molecule has 1 atom stereocenters. The molecule has 1 saturated heterocycles. The highest BCUT2D eigenvalue weighted by molar-refractivity contribution is 5.84. The first kappa shape index (κ1) is 28.0. The first-order chi connectivity index (χ1) is 20.0. The van der Waals surface area contributed by atoms with E-state index >= 15 is 0 Å². The molecule has 6 rings (SSSR count). The molecule has 2 N–H and O–H groups in total. The smallest absolute Gasteiger partial charge is 0.222 e. The van der Waals surface area contributed by atoms with Gasteiger partial charge in [-0.3, -0.25) is 4.79 Å². The molecule has 1 spiro atoms. The van der Waals surface area contributed by atoms with Gasteiger partial charge in [-0.15, -0.1) is 0 Å². The number of rotatable bonds is 8. The van der Waals surface area contributed by atoms with Crippen molar-refractivity contribution in [1.29, 1.82) is 0 Å². The lowest BCUT2D eigenvalue weighted by molar-refractivity contribution is -0.185. The molecule has 4 aliphatic rings. The van der Waals surface area contributed by atoms with Crippen molar-refractivity contribution in [3.8, 4) is 11.5 Å². The van der Waals surface area contributed by atoms with E-state index in [9.17, 15) is 4.79 Å². The Bertz CT molecular complexity index is 1210. The molecule has 2 aliphatic heterocycles. The van der Waals surface area contributed by atoms with Crippen molar-refractivity contribution >= 4 is 17.6 Å². The van der Waals surface area contributed by atoms with Crippen molar-refractivity contribution in [3.63, 3.8) is 0 Å². The fourth-order valence-corrected chi connectivity index (χ4v) is 7.24. The Hall–Kier alpha value is -3.10. The number of aliphatic imine (C=N–C) groups is 1. The first-order valence-electron chi connectivity index (χ1n) is 15.5. The summed E-state index contributed by atoms with van der Waals surface area (Å²) in [5.41, 5.74) is 8.62. The van der Waals surface area contributed by atoms with Crippen molar-refractivity contribution in [2.24, 2.45) is 16.6 Å². The van der Waals surface area contributed by atoms with E-state index < -0.39 is 5.79 Å². The van der Waals surface area contributed by atoms with Gasteiger partial charge in [-0.1, -0.05) is 37.5 Å². The molecule has 1 unspecified atom stereocenters. The number of carbonyl (C=O) groups excluding carboxylic acids is 1. The molecule has 41 heavy (non-hydrogen) atoms. The third kappa shape index (κ3) is 6.38. The number of nitrogens with two attached hydrogens (primary N) is 1. The van der Waals surface area contributed by atoms with Crippen LogP contribution in [0.5, 0.6) is 11.5 Å². The number of benzene rings is 2. The first-order valence-corrected chi connectivity index (χ1v) is 15.5. The van der Waals surface area contributed by atoms with Gasteiger partial charge in [-0.2, -0.15) is 0 Å². The molecular weight excluding hydrogens is 516 g/mol. The van der Waals surface area contributed by atoms with E-state index in [4.69, 9.17) is 24.9 Å². The van der Waals surface area contributed by atoms with Crippen LogP contribution < -0.4 is 10.5 Å². The zero-order chi connectivity index (χ0) is 28.2. The topological polar surface area (TPSA) is 89.6 Å². The molecule has 220 valence electrons. The van der Waals surface area contributed by atoms with Crippen LogP contribution in [0.25, 0.3) is 0 Å². The largest absolute Gasteiger partial charge is 0.457 e. The molecule has 8 nitrogen and oxygen atoms in total. The van der Waals surface area contributed by atoms with Crippen LogP contribution >= 0.6 is 0 Å². The second-order valence-corrected chi connectivity index (χ2v) is 12.2. The van der Waals surface area contributed by atoms with Crippen LogP contribution in [0.2, 0.25) is 0 Å². The van der Waals surface area contributed by atoms with Crippen molar-refractivity contribution in [2.75, 3.05) is 20.3 Å². The predicted octanol–water partition coefficient (Wildman–Crippen LogP) is 6.11. The Morgan fingerprint density at radius 3 is 2.51 bits per heavy atom. The minimum absolute atomic E-state index is 0.105. The zero-order valence-corrected chi connectivity index (χ0v) is 24.3. The van der Waals surface area contributed by atoms with Gasteiger partial charge < -0.3 is 29.7 Å². The summed E-state index contributed by atoms with van der Waals surface area (Å²) in [5, 5.41) is 0. The monoisotopic (exact) mass is 560 g/mol. The van der Waals surface area contributed by atoms with Crippen LogP contribution in [0.4, 0.5) is 5.69 Å². The zero-order valence-electron chi connectivity index (χ0n) is 24.3. The second-order valence-electron chi connectivity index (χ2n) is 12.2. The summed E-state index contributed by atoms with van der Waals surface area (Å²) < 4.78 is 18.2. The molecule has 8 heteroatoms. The van der Waals surface area contributed by atoms with E-state index in [0.29, 0.717) is 44.1 Å². The van der Waals surface area contributed by atoms with E-state index in [1.165, 1.54) is 19.3 Å². The maximum Gasteiger partial charge on any atom is 0.222 e. The van der Waals surface area contributed by atoms with Gasteiger partial charge in [0.2, 0.25) is 5.91 Å². The number of ether oxygens (including phenoxy) is 3. The normalized spacial score (nSPS) is 21.8. The molecule has 2 heterocycles. The van der Waals surface area contributed by atoms with Crippen LogP contribution in [-0.4, -0.2) is 59.8 Å². The van der Waals surface area contributed by atoms with Gasteiger partial charge in [-0.05, 0) is 68.4 Å². The molecular formula is C33H44N4O4. The third-order valence-corrected chi connectivity index (χ3v) is 9.62. The Morgan fingerprint density at radius 2 is 1.78 bits per heavy atom. The maximum atomic E-state index is 13.4. The van der Waals surface area contributed by atoms with Crippen LogP contribution in [0, 0.1) is 5.92 Å². The van der Waals surface area contributed by atoms with Crippen LogP contribution in [0.1, 0.15) is 76.2 Å². The number of carbonyl (C=O) groups is 1. The third-order valence-electron chi connectivity index (χ3n) is 9.62. The molecule has 1 amide bonds. The average Bonchev–Trinajstić information content (AvgIpc) is 3.46. The standard InChI is InChI=1S/C33H44N4O4/c1-36(26-8-4-2-5-9-26)31(38)15-14-30(24-16-18-33(19-17-24)39-20-21-40-33)37-23-25-22-28(12-13-29(25)35-32(37)34)41-27-10-6-3-7-11-27/h3,6-7,10-13,22,24,26,30H,2,4-5,8-9,14-21,23H2,1H3,(H2,34,35). The summed E-state index contributed by atoms with van der Waals surface area (Å²) >= 11 is 0. The van der Waals surface area contributed by atoms with Gasteiger partial charge >= 0.3 is 0 Å². The van der Waals surface area contributed by atoms with Crippen LogP contribution in [0.3, 0.4) is 0 Å². The highest BCUT2D eigenvalue weighted by Crippen LogP contribution is 2.42. The number of hydrogen-bond acceptors (Lipinski definition) is 7. The van der Waals surface area contributed by atoms with Gasteiger partial charge in [0.05, 0.1) is 18.9 Å². The van der Waals surface area contributed by atoms with E-state index in [2.05, 4.69) is 11.0 Å². The highest BCUT2D eigenvalue weighted by atomic mass is 16.7. The van der Waals surface area contributed by atoms with Crippen molar-refractivity contribution in [3.05, 3.63) is 54.1 Å². The molecule has 2 aliphatic carbocycles. The van der Waals surface area contributed by atoms with Gasteiger partial charge in [-0.25, -0.2) is 4.99 Å². The van der Waals surface area contributed by atoms with Gasteiger partial charge in [0.25, 0.3) is 0 Å². The van der Waals surface area contributed by atoms with Crippen molar-refractivity contribution < 1.29 is 19.0 Å². The lowest BCUT2D eigenvalue weighted by Crippen LogP contribution is -2.51. The van der Waals surface area contributed by atoms with E-state index in [1.54, 1.807) is 0 Å². The summed E-state index contributed by atoms with van der Waals surface area (Å²) in [5.74, 6) is 2.30. The lowest BCUT2D eigenvalue weighted by Gasteiger charge is -2.44. The summed E-state index contributed by atoms with van der Waals surface area (Å²) in [6.07, 6.45) is 10.9. The van der Waals surface area contributed by atoms with Gasteiger partial charge in [0, 0.05) is 50.5 Å². The van der Waals surface area contributed by atoms with Crippen LogP contribution in [-0.2, 0) is 20.8 Å². The lowest BCUT2D eigenvalue weighted by atomic mass is 9.78. The Balaban J connectivity index is 1.19. The summed E-state index contributed by atoms with van der Waals surface area (Å²) in [4.78, 5) is 22.5. The summed E-state index contributed by atoms with van der Waals surface area (Å²) in [6.45, 7) is 1.99. The summed E-state index contributed by atoms with van der Waals surface area (Å²) in [6, 6.07) is 16.3. The van der Waals surface area contributed by atoms with Crippen LogP contribution in [0.15, 0.2) is 53.5 Å². The molecule has 2 aromatic rings. The number of para-hydroxylation sites is 1. The maximum absolute atomic E-state index is 13.4. The average molecular weight is 561 g/mol. The number of hydrogen-bond donors (Lipinski definition) is 1. The number of amides is 1. The molecule has 2 saturated carbocycles. The number of fused-ring (bicyclic) bond motifs is 1. The molecule has 2 aromatic carbocycles. The second kappa shape index (κ2) is 12.4. The van der Waals surface area contributed by atoms with E-state index in [-0.39, 0.29) is 11.9 Å². The SMILES string of the molecule is CN(C(=O)CCC(C1CCC2(CC1)OCCO2)N1Cc2cc(Oc3ccccc3)ccc2N=C1N)C1CCCCC1. The van der Waals surface area contributed by atoms with Gasteiger partial charge in [0.15, 0.2) is 11.7 Å². The molecule has 0 aromatic heterocycles. The van der Waals surface area contributed by atoms with E-state index in [1.807, 2.05) is 54.4 Å². The summed E-state index contributed by atoms with van der Waals surface area (Å²) in [7, 11) is 1.99. The molecule has 0 bridgehead atoms.